The van der Waals surface area contributed by atoms with Crippen molar-refractivity contribution < 1.29 is 5.11 Å². The maximum Gasteiger partial charge on any atom is 0.0922 e. The van der Waals surface area contributed by atoms with Crippen LogP contribution in [0.4, 0.5) is 0 Å². The van der Waals surface area contributed by atoms with Gasteiger partial charge < -0.3 is 5.11 Å². The van der Waals surface area contributed by atoms with Crippen LogP contribution in [-0.2, 0) is 0 Å². The smallest absolute Gasteiger partial charge is 0.0922 e. The number of hydrogen-bond acceptors (Lipinski definition) is 3. The van der Waals surface area contributed by atoms with Crippen molar-refractivity contribution in [3.8, 4) is 0 Å². The lowest BCUT2D eigenvalue weighted by molar-refractivity contribution is -0.125. The Morgan fingerprint density at radius 1 is 1.28 bits per heavy atom. The fraction of sp³-hybridized carbons (Fsp3) is 0.600. The Morgan fingerprint density at radius 3 is 2.44 bits per heavy atom. The average molecular weight is 265 g/mol. The predicted molar refractivity (Wildman–Crippen MR) is 78.1 cm³/mol. The Balaban J connectivity index is 1.67. The molecule has 0 saturated carbocycles. The normalized spacial score (nSPS) is 18.9. The van der Waals surface area contributed by atoms with E-state index in [1.807, 2.05) is 11.8 Å². The van der Waals surface area contributed by atoms with Gasteiger partial charge in [-0.1, -0.05) is 31.5 Å². The van der Waals surface area contributed by atoms with Gasteiger partial charge in [0.2, 0.25) is 0 Å². The van der Waals surface area contributed by atoms with Gasteiger partial charge in [0, 0.05) is 30.3 Å². The summed E-state index contributed by atoms with van der Waals surface area (Å²) in [5.74, 6) is 1.45. The quantitative estimate of drug-likeness (QED) is 0.828. The van der Waals surface area contributed by atoms with Crippen molar-refractivity contribution >= 4 is 11.8 Å². The first-order valence-electron chi connectivity index (χ1n) is 6.64. The summed E-state index contributed by atoms with van der Waals surface area (Å²) < 4.78 is 0. The van der Waals surface area contributed by atoms with Crippen LogP contribution < -0.4 is 0 Å². The van der Waals surface area contributed by atoms with Gasteiger partial charge in [0.1, 0.15) is 0 Å². The summed E-state index contributed by atoms with van der Waals surface area (Å²) in [6, 6.07) is 8.67. The zero-order valence-electron chi connectivity index (χ0n) is 11.5. The lowest BCUT2D eigenvalue weighted by atomic mass is 9.83. The number of benzene rings is 1. The monoisotopic (exact) mass is 265 g/mol. The van der Waals surface area contributed by atoms with Crippen molar-refractivity contribution in [1.82, 2.24) is 4.90 Å². The SMILES string of the molecule is Cc1ccc(SCCN2CC(O)(C(C)C)C2)cc1. The van der Waals surface area contributed by atoms with Crippen LogP contribution in [0.25, 0.3) is 0 Å². The summed E-state index contributed by atoms with van der Waals surface area (Å²) in [5, 5.41) is 10.2. The molecule has 1 aliphatic heterocycles. The number of nitrogens with zero attached hydrogens (tertiary/aromatic N) is 1. The molecule has 0 atom stereocenters. The van der Waals surface area contributed by atoms with Crippen LogP contribution in [0.15, 0.2) is 29.2 Å². The molecule has 1 fully saturated rings. The number of aliphatic hydroxyl groups is 1. The number of likely N-dealkylation sites (tertiary alicyclic amines) is 1. The van der Waals surface area contributed by atoms with Crippen LogP contribution in [0, 0.1) is 12.8 Å². The van der Waals surface area contributed by atoms with E-state index in [4.69, 9.17) is 0 Å². The Bertz CT molecular complexity index is 382. The molecule has 0 bridgehead atoms. The van der Waals surface area contributed by atoms with Gasteiger partial charge in [0.25, 0.3) is 0 Å². The molecule has 1 N–H and O–H groups in total. The van der Waals surface area contributed by atoms with Gasteiger partial charge in [0.15, 0.2) is 0 Å². The number of β-amino-alcohol motifs (C(OH)–C–C–N with tert-alkyl or cyclic N) is 1. The second kappa shape index (κ2) is 5.64. The first-order chi connectivity index (χ1) is 8.49. The molecule has 1 saturated heterocycles. The number of hydrogen-bond donors (Lipinski definition) is 1. The third-order valence-corrected chi connectivity index (χ3v) is 4.76. The minimum absolute atomic E-state index is 0.360. The molecule has 1 aromatic rings. The van der Waals surface area contributed by atoms with Gasteiger partial charge in [-0.2, -0.15) is 0 Å². The Morgan fingerprint density at radius 2 is 1.89 bits per heavy atom. The number of thioether (sulfide) groups is 1. The van der Waals surface area contributed by atoms with E-state index in [0.29, 0.717) is 5.92 Å². The van der Waals surface area contributed by atoms with Crippen LogP contribution in [0.3, 0.4) is 0 Å². The lowest BCUT2D eigenvalue weighted by Gasteiger charge is -2.49. The minimum Gasteiger partial charge on any atom is -0.387 e. The molecule has 0 spiro atoms. The van der Waals surface area contributed by atoms with Crippen molar-refractivity contribution in [2.24, 2.45) is 5.92 Å². The largest absolute Gasteiger partial charge is 0.387 e. The van der Waals surface area contributed by atoms with Gasteiger partial charge in [-0.15, -0.1) is 11.8 Å². The van der Waals surface area contributed by atoms with Crippen LogP contribution in [0.1, 0.15) is 19.4 Å². The van der Waals surface area contributed by atoms with E-state index in [0.717, 1.165) is 25.4 Å². The van der Waals surface area contributed by atoms with E-state index in [2.05, 4.69) is 49.9 Å². The predicted octanol–water partition coefficient (Wildman–Crippen LogP) is 2.79. The molecular weight excluding hydrogens is 242 g/mol. The topological polar surface area (TPSA) is 23.5 Å². The second-order valence-corrected chi connectivity index (χ2v) is 6.80. The van der Waals surface area contributed by atoms with Crippen molar-refractivity contribution in [3.63, 3.8) is 0 Å². The zero-order chi connectivity index (χ0) is 13.2. The fourth-order valence-corrected chi connectivity index (χ4v) is 3.09. The van der Waals surface area contributed by atoms with Crippen LogP contribution >= 0.6 is 11.8 Å². The summed E-state index contributed by atoms with van der Waals surface area (Å²) in [6.45, 7) is 9.03. The van der Waals surface area contributed by atoms with E-state index < -0.39 is 5.60 Å². The second-order valence-electron chi connectivity index (χ2n) is 5.63. The Labute approximate surface area is 114 Å². The van der Waals surface area contributed by atoms with Crippen molar-refractivity contribution in [2.75, 3.05) is 25.4 Å². The molecule has 0 aliphatic carbocycles. The van der Waals surface area contributed by atoms with Gasteiger partial charge in [0.05, 0.1) is 5.60 Å². The van der Waals surface area contributed by atoms with E-state index in [-0.39, 0.29) is 0 Å². The highest BCUT2D eigenvalue weighted by atomic mass is 32.2. The molecule has 18 heavy (non-hydrogen) atoms. The van der Waals surface area contributed by atoms with Gasteiger partial charge in [-0.25, -0.2) is 0 Å². The van der Waals surface area contributed by atoms with E-state index in [9.17, 15) is 5.11 Å². The van der Waals surface area contributed by atoms with E-state index in [1.165, 1.54) is 10.5 Å². The zero-order valence-corrected chi connectivity index (χ0v) is 12.3. The van der Waals surface area contributed by atoms with E-state index >= 15 is 0 Å². The third kappa shape index (κ3) is 3.28. The molecule has 1 aromatic carbocycles. The first-order valence-corrected chi connectivity index (χ1v) is 7.62. The fourth-order valence-electron chi connectivity index (χ4n) is 2.18. The molecule has 1 heterocycles. The van der Waals surface area contributed by atoms with Gasteiger partial charge >= 0.3 is 0 Å². The molecule has 0 amide bonds. The Kier molecular flexibility index (Phi) is 4.36. The lowest BCUT2D eigenvalue weighted by Crippen LogP contribution is -2.64. The molecular formula is C15H23NOS. The third-order valence-electron chi connectivity index (χ3n) is 3.77. The standard InChI is InChI=1S/C15H23NOS/c1-12(2)15(17)10-16(11-15)8-9-18-14-6-4-13(3)5-7-14/h4-7,12,17H,8-11H2,1-3H3. The first kappa shape index (κ1) is 13.9. The van der Waals surface area contributed by atoms with Gasteiger partial charge in [-0.3, -0.25) is 4.90 Å². The number of aryl methyl sites for hydroxylation is 1. The maximum atomic E-state index is 10.2. The molecule has 3 heteroatoms. The van der Waals surface area contributed by atoms with Crippen LogP contribution in [-0.4, -0.2) is 41.0 Å². The molecule has 2 nitrogen and oxygen atoms in total. The highest BCUT2D eigenvalue weighted by Gasteiger charge is 2.42. The van der Waals surface area contributed by atoms with Crippen molar-refractivity contribution in [3.05, 3.63) is 29.8 Å². The summed E-state index contributed by atoms with van der Waals surface area (Å²) in [5.41, 5.74) is 0.873. The van der Waals surface area contributed by atoms with Crippen molar-refractivity contribution in [2.45, 2.75) is 31.3 Å². The van der Waals surface area contributed by atoms with Gasteiger partial charge in [-0.05, 0) is 25.0 Å². The molecule has 0 aromatic heterocycles. The number of rotatable bonds is 5. The molecule has 0 unspecified atom stereocenters. The summed E-state index contributed by atoms with van der Waals surface area (Å²) >= 11 is 1.89. The van der Waals surface area contributed by atoms with Crippen molar-refractivity contribution in [1.29, 1.82) is 0 Å². The summed E-state index contributed by atoms with van der Waals surface area (Å²) in [4.78, 5) is 3.67. The van der Waals surface area contributed by atoms with E-state index in [1.54, 1.807) is 0 Å². The summed E-state index contributed by atoms with van der Waals surface area (Å²) in [7, 11) is 0. The average Bonchev–Trinajstić information content (AvgIpc) is 2.29. The molecule has 1 aliphatic rings. The van der Waals surface area contributed by atoms with Crippen LogP contribution in [0.5, 0.6) is 0 Å². The molecule has 0 radical (unpaired) electrons. The maximum absolute atomic E-state index is 10.2. The highest BCUT2D eigenvalue weighted by Crippen LogP contribution is 2.29. The highest BCUT2D eigenvalue weighted by molar-refractivity contribution is 7.99. The molecule has 2 rings (SSSR count). The summed E-state index contributed by atoms with van der Waals surface area (Å²) in [6.07, 6.45) is 0. The van der Waals surface area contributed by atoms with Crippen LogP contribution in [0.2, 0.25) is 0 Å². The Hall–Kier alpha value is -0.510. The molecule has 100 valence electrons. The minimum atomic E-state index is -0.436.